The second-order valence-electron chi connectivity index (χ2n) is 4.57. The number of hydrogen-bond donors (Lipinski definition) is 2. The number of carbonyl (C=O) groups is 1. The zero-order valence-corrected chi connectivity index (χ0v) is 11.9. The van der Waals surface area contributed by atoms with E-state index < -0.39 is 10.0 Å². The van der Waals surface area contributed by atoms with Crippen molar-refractivity contribution in [2.45, 2.75) is 12.8 Å². The molecule has 2 rings (SSSR count). The van der Waals surface area contributed by atoms with E-state index in [9.17, 15) is 13.2 Å². The minimum absolute atomic E-state index is 0.0355. The van der Waals surface area contributed by atoms with E-state index in [4.69, 9.17) is 5.73 Å². The van der Waals surface area contributed by atoms with Crippen LogP contribution in [0.4, 0.5) is 0 Å². The largest absolute Gasteiger partial charge is 0.352 e. The fourth-order valence-electron chi connectivity index (χ4n) is 1.96. The number of nitrogens with zero attached hydrogens (tertiary/aromatic N) is 2. The second kappa shape index (κ2) is 6.19. The van der Waals surface area contributed by atoms with Crippen molar-refractivity contribution in [2.75, 3.05) is 25.4 Å². The zero-order valence-electron chi connectivity index (χ0n) is 11.1. The summed E-state index contributed by atoms with van der Waals surface area (Å²) in [6, 6.07) is 0. The molecule has 2 aliphatic heterocycles. The highest BCUT2D eigenvalue weighted by Gasteiger charge is 2.29. The molecule has 0 aliphatic carbocycles. The van der Waals surface area contributed by atoms with Crippen LogP contribution in [0.25, 0.3) is 0 Å². The van der Waals surface area contributed by atoms with Crippen molar-refractivity contribution in [3.63, 3.8) is 0 Å². The van der Waals surface area contributed by atoms with Crippen LogP contribution in [0, 0.1) is 0 Å². The summed E-state index contributed by atoms with van der Waals surface area (Å²) in [6.07, 6.45) is 6.64. The minimum atomic E-state index is -3.47. The highest BCUT2D eigenvalue weighted by Crippen LogP contribution is 2.17. The number of amidine groups is 1. The second-order valence-corrected chi connectivity index (χ2v) is 6.32. The van der Waals surface area contributed by atoms with E-state index >= 15 is 0 Å². The molecule has 0 aromatic rings. The van der Waals surface area contributed by atoms with E-state index in [1.165, 1.54) is 0 Å². The van der Waals surface area contributed by atoms with E-state index in [1.807, 2.05) is 0 Å². The number of hydrogen-bond acceptors (Lipinski definition) is 5. The lowest BCUT2D eigenvalue weighted by Crippen LogP contribution is -2.42. The Balaban J connectivity index is 2.10. The maximum Gasteiger partial charge on any atom is 0.256 e. The van der Waals surface area contributed by atoms with Crippen molar-refractivity contribution in [1.29, 1.82) is 0 Å². The molecule has 0 unspecified atom stereocenters. The third kappa shape index (κ3) is 3.45. The molecule has 1 amide bonds. The maximum absolute atomic E-state index is 12.1. The Morgan fingerprint density at radius 3 is 3.00 bits per heavy atom. The Kier molecular flexibility index (Phi) is 4.56. The van der Waals surface area contributed by atoms with E-state index in [2.05, 4.69) is 9.71 Å². The predicted molar refractivity (Wildman–Crippen MR) is 76.4 cm³/mol. The van der Waals surface area contributed by atoms with Gasteiger partial charge in [-0.25, -0.2) is 8.42 Å². The molecule has 20 heavy (non-hydrogen) atoms. The van der Waals surface area contributed by atoms with Crippen molar-refractivity contribution in [3.05, 3.63) is 23.9 Å². The number of unbranched alkanes of at least 4 members (excludes halogenated alkanes) is 1. The first-order chi connectivity index (χ1) is 9.53. The molecule has 7 nitrogen and oxygen atoms in total. The third-order valence-corrected chi connectivity index (χ3v) is 4.17. The first-order valence-corrected chi connectivity index (χ1v) is 8.11. The highest BCUT2D eigenvalue weighted by molar-refractivity contribution is 7.90. The first kappa shape index (κ1) is 14.7. The Morgan fingerprint density at radius 2 is 2.25 bits per heavy atom. The summed E-state index contributed by atoms with van der Waals surface area (Å²) < 4.78 is 26.8. The van der Waals surface area contributed by atoms with Crippen LogP contribution in [0.5, 0.6) is 0 Å². The number of allylic oxidation sites excluding steroid dienone is 2. The van der Waals surface area contributed by atoms with Gasteiger partial charge in [0.2, 0.25) is 0 Å². The molecule has 2 heterocycles. The van der Waals surface area contributed by atoms with Crippen molar-refractivity contribution < 1.29 is 13.2 Å². The molecule has 110 valence electrons. The molecule has 0 atom stereocenters. The molecule has 0 saturated heterocycles. The molecule has 0 aromatic heterocycles. The number of carbonyl (C=O) groups excluding carboxylic acids is 1. The number of amides is 1. The van der Waals surface area contributed by atoms with Gasteiger partial charge in [-0.2, -0.15) is 0 Å². The van der Waals surface area contributed by atoms with Crippen LogP contribution in [0.3, 0.4) is 0 Å². The van der Waals surface area contributed by atoms with Gasteiger partial charge < -0.3 is 16.0 Å². The van der Waals surface area contributed by atoms with Gasteiger partial charge in [0.25, 0.3) is 15.9 Å². The standard InChI is InChI=1S/C12H18N4O3S/c13-5-1-2-6-14-12(17)10-4-3-7-16-8-9-20(18,19)15-11(10)16/h3-4,7H,1-2,5-6,8-9,13H2,(H,14,17). The fraction of sp³-hybridized carbons (Fsp3) is 0.500. The Hall–Kier alpha value is -1.67. The van der Waals surface area contributed by atoms with Crippen LogP contribution < -0.4 is 11.1 Å². The first-order valence-electron chi connectivity index (χ1n) is 6.50. The SMILES string of the molecule is NCCCCNC(=O)C1=CC=CN2CCS(=O)(=O)N=C12. The number of nitrogens with one attached hydrogen (secondary N) is 1. The van der Waals surface area contributed by atoms with E-state index in [1.54, 1.807) is 23.3 Å². The van der Waals surface area contributed by atoms with Gasteiger partial charge in [0.15, 0.2) is 5.84 Å². The Labute approximate surface area is 118 Å². The minimum Gasteiger partial charge on any atom is -0.352 e. The van der Waals surface area contributed by atoms with Gasteiger partial charge in [-0.3, -0.25) is 4.79 Å². The Bertz CT molecular complexity index is 578. The molecule has 0 spiro atoms. The summed E-state index contributed by atoms with van der Waals surface area (Å²) in [5.74, 6) is -0.144. The number of sulfonamides is 1. The molecule has 0 bridgehead atoms. The van der Waals surface area contributed by atoms with Crippen LogP contribution in [0.1, 0.15) is 12.8 Å². The van der Waals surface area contributed by atoms with Crippen LogP contribution >= 0.6 is 0 Å². The number of fused-ring (bicyclic) bond motifs is 1. The van der Waals surface area contributed by atoms with Crippen molar-refractivity contribution in [2.24, 2.45) is 10.1 Å². The summed E-state index contributed by atoms with van der Waals surface area (Å²) >= 11 is 0. The van der Waals surface area contributed by atoms with Gasteiger partial charge in [0, 0.05) is 19.3 Å². The quantitative estimate of drug-likeness (QED) is 0.656. The fourth-order valence-corrected chi connectivity index (χ4v) is 2.95. The third-order valence-electron chi connectivity index (χ3n) is 3.02. The Morgan fingerprint density at radius 1 is 1.45 bits per heavy atom. The predicted octanol–water partition coefficient (Wildman–Crippen LogP) is -0.661. The average molecular weight is 298 g/mol. The summed E-state index contributed by atoms with van der Waals surface area (Å²) in [7, 11) is -3.47. The molecular weight excluding hydrogens is 280 g/mol. The van der Waals surface area contributed by atoms with E-state index in [0.717, 1.165) is 12.8 Å². The van der Waals surface area contributed by atoms with Gasteiger partial charge in [-0.1, -0.05) is 0 Å². The maximum atomic E-state index is 12.1. The topological polar surface area (TPSA) is 105 Å². The molecule has 2 aliphatic rings. The summed E-state index contributed by atoms with van der Waals surface area (Å²) in [5, 5.41) is 2.75. The summed E-state index contributed by atoms with van der Waals surface area (Å²) in [4.78, 5) is 13.8. The van der Waals surface area contributed by atoms with Gasteiger partial charge in [-0.05, 0) is 31.5 Å². The molecule has 0 fully saturated rings. The lowest BCUT2D eigenvalue weighted by atomic mass is 10.1. The molecule has 0 radical (unpaired) electrons. The summed E-state index contributed by atoms with van der Waals surface area (Å²) in [6.45, 7) is 1.41. The number of nitrogens with two attached hydrogens (primary N) is 1. The lowest BCUT2D eigenvalue weighted by Gasteiger charge is -2.28. The van der Waals surface area contributed by atoms with Crippen molar-refractivity contribution in [1.82, 2.24) is 10.2 Å². The average Bonchev–Trinajstić information content (AvgIpc) is 2.42. The molecule has 0 saturated carbocycles. The van der Waals surface area contributed by atoms with Crippen LogP contribution in [-0.2, 0) is 14.8 Å². The van der Waals surface area contributed by atoms with Crippen LogP contribution in [0.2, 0.25) is 0 Å². The van der Waals surface area contributed by atoms with Gasteiger partial charge in [-0.15, -0.1) is 4.40 Å². The van der Waals surface area contributed by atoms with Gasteiger partial charge in [0.1, 0.15) is 0 Å². The van der Waals surface area contributed by atoms with Gasteiger partial charge in [0.05, 0.1) is 11.3 Å². The highest BCUT2D eigenvalue weighted by atomic mass is 32.2. The molecule has 0 aromatic carbocycles. The van der Waals surface area contributed by atoms with Gasteiger partial charge >= 0.3 is 0 Å². The zero-order chi connectivity index (χ0) is 14.6. The monoisotopic (exact) mass is 298 g/mol. The van der Waals surface area contributed by atoms with Crippen molar-refractivity contribution >= 4 is 21.8 Å². The van der Waals surface area contributed by atoms with Crippen LogP contribution in [-0.4, -0.2) is 50.4 Å². The molecular formula is C12H18N4O3S. The summed E-state index contributed by atoms with van der Waals surface area (Å²) in [5.41, 5.74) is 5.66. The smallest absolute Gasteiger partial charge is 0.256 e. The molecule has 8 heteroatoms. The van der Waals surface area contributed by atoms with Crippen LogP contribution in [0.15, 0.2) is 28.3 Å². The molecule has 3 N–H and O–H groups in total. The van der Waals surface area contributed by atoms with Crippen molar-refractivity contribution in [3.8, 4) is 0 Å². The van der Waals surface area contributed by atoms with E-state index in [-0.39, 0.29) is 23.1 Å². The van der Waals surface area contributed by atoms with E-state index in [0.29, 0.717) is 19.6 Å². The normalized spacial score (nSPS) is 19.9. The number of rotatable bonds is 5. The lowest BCUT2D eigenvalue weighted by molar-refractivity contribution is -0.117.